The summed E-state index contributed by atoms with van der Waals surface area (Å²) >= 11 is 0. The van der Waals surface area contributed by atoms with Gasteiger partial charge in [0.25, 0.3) is 5.56 Å². The molecule has 5 aromatic rings. The van der Waals surface area contributed by atoms with Crippen molar-refractivity contribution in [2.45, 2.75) is 20.5 Å². The zero-order valence-electron chi connectivity index (χ0n) is 20.7. The Hall–Kier alpha value is -4.86. The second kappa shape index (κ2) is 9.89. The maximum Gasteiger partial charge on any atom is 0.338 e. The summed E-state index contributed by atoms with van der Waals surface area (Å²) in [6, 6.07) is 14.9. The third-order valence-corrected chi connectivity index (χ3v) is 6.09. The van der Waals surface area contributed by atoms with Crippen LogP contribution < -0.4 is 10.3 Å². The van der Waals surface area contributed by atoms with Crippen molar-refractivity contribution < 1.29 is 23.0 Å². The second-order valence-corrected chi connectivity index (χ2v) is 8.56. The molecule has 3 heterocycles. The van der Waals surface area contributed by atoms with Crippen LogP contribution in [0.5, 0.6) is 5.75 Å². The summed E-state index contributed by atoms with van der Waals surface area (Å²) in [6.45, 7) is 3.39. The fourth-order valence-corrected chi connectivity index (χ4v) is 4.25. The van der Waals surface area contributed by atoms with E-state index in [1.54, 1.807) is 62.5 Å². The Morgan fingerprint density at radius 1 is 1.03 bits per heavy atom. The summed E-state index contributed by atoms with van der Waals surface area (Å²) in [4.78, 5) is 30.3. The van der Waals surface area contributed by atoms with Crippen molar-refractivity contribution in [2.24, 2.45) is 0 Å². The number of carbonyl (C=O) groups excluding carboxylic acids is 1. The van der Waals surface area contributed by atoms with Gasteiger partial charge in [-0.25, -0.2) is 23.2 Å². The van der Waals surface area contributed by atoms with Gasteiger partial charge in [0.15, 0.2) is 11.4 Å². The first kappa shape index (κ1) is 24.8. The van der Waals surface area contributed by atoms with Crippen LogP contribution in [0.25, 0.3) is 22.6 Å². The van der Waals surface area contributed by atoms with Gasteiger partial charge >= 0.3 is 5.97 Å². The molecule has 0 radical (unpaired) electrons. The third kappa shape index (κ3) is 4.40. The quantitative estimate of drug-likeness (QED) is 0.301. The molecule has 0 N–H and O–H groups in total. The zero-order valence-corrected chi connectivity index (χ0v) is 20.7. The molecule has 0 aliphatic carbocycles. The molecule has 192 valence electrons. The first-order valence-corrected chi connectivity index (χ1v) is 11.6. The lowest BCUT2D eigenvalue weighted by atomic mass is 10.1. The Morgan fingerprint density at radius 3 is 2.61 bits per heavy atom. The van der Waals surface area contributed by atoms with Gasteiger partial charge < -0.3 is 9.47 Å². The second-order valence-electron chi connectivity index (χ2n) is 8.56. The van der Waals surface area contributed by atoms with Crippen molar-refractivity contribution in [1.29, 1.82) is 0 Å². The molecular weight excluding hydrogens is 494 g/mol. The molecule has 0 aliphatic rings. The van der Waals surface area contributed by atoms with E-state index in [0.29, 0.717) is 28.3 Å². The smallest absolute Gasteiger partial charge is 0.338 e. The van der Waals surface area contributed by atoms with Crippen LogP contribution in [0.1, 0.15) is 27.3 Å². The van der Waals surface area contributed by atoms with Crippen LogP contribution in [0.2, 0.25) is 0 Å². The molecule has 0 spiro atoms. The number of hydrogen-bond acceptors (Lipinski definition) is 6. The molecule has 0 amide bonds. The molecular formula is C28H22F2N4O4. The van der Waals surface area contributed by atoms with Crippen molar-refractivity contribution in [2.75, 3.05) is 7.11 Å². The Balaban J connectivity index is 1.54. The van der Waals surface area contributed by atoms with Crippen LogP contribution in [0.15, 0.2) is 71.7 Å². The molecule has 10 heteroatoms. The normalized spacial score (nSPS) is 11.1. The number of carbonyl (C=O) groups is 1. The zero-order chi connectivity index (χ0) is 27.0. The number of benzene rings is 2. The number of esters is 1. The topological polar surface area (TPSA) is 87.7 Å². The summed E-state index contributed by atoms with van der Waals surface area (Å²) in [6.07, 6.45) is 1.55. The Bertz CT molecular complexity index is 1760. The molecule has 0 saturated carbocycles. The Kier molecular flexibility index (Phi) is 6.46. The first-order valence-electron chi connectivity index (χ1n) is 11.6. The molecule has 5 rings (SSSR count). The minimum absolute atomic E-state index is 0.0460. The van der Waals surface area contributed by atoms with E-state index in [1.807, 2.05) is 0 Å². The standard InChI is InChI=1S/C28H22F2N4O4/c1-16-13-22(32-34(16)23-14-19(29)10-11-21(23)30)25-17(2)31-26-24(9-6-12-33(26)27(25)35)38-15-18-7-4-5-8-20(18)28(36)37-3/h4-14H,15H2,1-3H3. The Morgan fingerprint density at radius 2 is 1.82 bits per heavy atom. The summed E-state index contributed by atoms with van der Waals surface area (Å²) < 4.78 is 41.6. The number of fused-ring (bicyclic) bond motifs is 1. The highest BCUT2D eigenvalue weighted by Crippen LogP contribution is 2.26. The lowest BCUT2D eigenvalue weighted by Crippen LogP contribution is -2.20. The maximum atomic E-state index is 14.4. The van der Waals surface area contributed by atoms with E-state index in [4.69, 9.17) is 9.47 Å². The van der Waals surface area contributed by atoms with Gasteiger partial charge in [0.2, 0.25) is 0 Å². The van der Waals surface area contributed by atoms with Gasteiger partial charge in [0, 0.05) is 23.5 Å². The number of aryl methyl sites for hydroxylation is 2. The van der Waals surface area contributed by atoms with Crippen molar-refractivity contribution >= 4 is 11.6 Å². The molecule has 38 heavy (non-hydrogen) atoms. The predicted molar refractivity (Wildman–Crippen MR) is 136 cm³/mol. The number of aromatic nitrogens is 4. The molecule has 0 unspecified atom stereocenters. The SMILES string of the molecule is COC(=O)c1ccccc1COc1cccn2c(=O)c(-c3cc(C)n(-c4cc(F)ccc4F)n3)c(C)nc12. The average Bonchev–Trinajstić information content (AvgIpc) is 3.29. The van der Waals surface area contributed by atoms with E-state index in [0.717, 1.165) is 18.2 Å². The number of pyridine rings is 1. The molecule has 0 atom stereocenters. The van der Waals surface area contributed by atoms with E-state index < -0.39 is 23.2 Å². The highest BCUT2D eigenvalue weighted by Gasteiger charge is 2.20. The maximum absolute atomic E-state index is 14.4. The highest BCUT2D eigenvalue weighted by molar-refractivity contribution is 5.90. The monoisotopic (exact) mass is 516 g/mol. The van der Waals surface area contributed by atoms with Crippen LogP contribution >= 0.6 is 0 Å². The van der Waals surface area contributed by atoms with E-state index in [2.05, 4.69) is 10.1 Å². The third-order valence-electron chi connectivity index (χ3n) is 6.09. The number of halogens is 2. The van der Waals surface area contributed by atoms with Gasteiger partial charge in [0.05, 0.1) is 23.9 Å². The molecule has 0 fully saturated rings. The Labute approximate surface area is 215 Å². The van der Waals surface area contributed by atoms with Crippen LogP contribution in [-0.4, -0.2) is 32.2 Å². The van der Waals surface area contributed by atoms with E-state index in [-0.39, 0.29) is 29.2 Å². The number of rotatable bonds is 6. The molecule has 0 saturated heterocycles. The van der Waals surface area contributed by atoms with Gasteiger partial charge in [-0.3, -0.25) is 9.20 Å². The molecule has 2 aromatic carbocycles. The number of ether oxygens (including phenoxy) is 2. The largest absolute Gasteiger partial charge is 0.485 e. The first-order chi connectivity index (χ1) is 18.3. The van der Waals surface area contributed by atoms with Gasteiger partial charge in [0.1, 0.15) is 29.6 Å². The number of methoxy groups -OCH3 is 1. The molecule has 8 nitrogen and oxygen atoms in total. The van der Waals surface area contributed by atoms with Crippen molar-refractivity contribution in [3.8, 4) is 22.7 Å². The van der Waals surface area contributed by atoms with Crippen LogP contribution in [-0.2, 0) is 11.3 Å². The summed E-state index contributed by atoms with van der Waals surface area (Å²) in [5, 5.41) is 4.40. The van der Waals surface area contributed by atoms with Crippen molar-refractivity contribution in [3.63, 3.8) is 0 Å². The van der Waals surface area contributed by atoms with E-state index in [1.165, 1.54) is 16.2 Å². The molecule has 3 aromatic heterocycles. The molecule has 0 bridgehead atoms. The van der Waals surface area contributed by atoms with E-state index >= 15 is 0 Å². The average molecular weight is 517 g/mol. The molecule has 0 aliphatic heterocycles. The number of hydrogen-bond donors (Lipinski definition) is 0. The minimum atomic E-state index is -0.648. The van der Waals surface area contributed by atoms with Crippen molar-refractivity contribution in [1.82, 2.24) is 19.2 Å². The summed E-state index contributed by atoms with van der Waals surface area (Å²) in [5.41, 5.74) is 2.17. The van der Waals surface area contributed by atoms with E-state index in [9.17, 15) is 18.4 Å². The lowest BCUT2D eigenvalue weighted by molar-refractivity contribution is 0.0597. The van der Waals surface area contributed by atoms with Crippen LogP contribution in [0, 0.1) is 25.5 Å². The van der Waals surface area contributed by atoms with Crippen molar-refractivity contribution in [3.05, 3.63) is 111 Å². The lowest BCUT2D eigenvalue weighted by Gasteiger charge is -2.13. The predicted octanol–water partition coefficient (Wildman–Crippen LogP) is 4.81. The fourth-order valence-electron chi connectivity index (χ4n) is 4.25. The van der Waals surface area contributed by atoms with Crippen LogP contribution in [0.4, 0.5) is 8.78 Å². The minimum Gasteiger partial charge on any atom is -0.485 e. The van der Waals surface area contributed by atoms with Gasteiger partial charge in [-0.1, -0.05) is 18.2 Å². The van der Waals surface area contributed by atoms with Gasteiger partial charge in [-0.2, -0.15) is 5.10 Å². The summed E-state index contributed by atoms with van der Waals surface area (Å²) in [5.74, 6) is -1.40. The number of nitrogens with zero attached hydrogens (tertiary/aromatic N) is 4. The van der Waals surface area contributed by atoms with Crippen LogP contribution in [0.3, 0.4) is 0 Å². The fraction of sp³-hybridized carbons (Fsp3) is 0.143. The highest BCUT2D eigenvalue weighted by atomic mass is 19.1. The van der Waals surface area contributed by atoms with Gasteiger partial charge in [-0.05, 0) is 50.2 Å². The summed E-state index contributed by atoms with van der Waals surface area (Å²) in [7, 11) is 1.31. The van der Waals surface area contributed by atoms with Gasteiger partial charge in [-0.15, -0.1) is 0 Å².